The number of rotatable bonds is 7. The van der Waals surface area contributed by atoms with Crippen molar-refractivity contribution in [3.63, 3.8) is 0 Å². The number of allylic oxidation sites excluding steroid dienone is 3. The largest absolute Gasteiger partial charge is 0.371 e. The van der Waals surface area contributed by atoms with Crippen molar-refractivity contribution in [1.82, 2.24) is 4.90 Å². The number of benzene rings is 1. The van der Waals surface area contributed by atoms with E-state index in [2.05, 4.69) is 75.6 Å². The topological polar surface area (TPSA) is 29.3 Å². The number of nitrogens with two attached hydrogens (primary N) is 1. The minimum atomic E-state index is 0.613. The third kappa shape index (κ3) is 4.85. The maximum absolute atomic E-state index is 5.75. The molecule has 1 aromatic rings. The number of aryl methyl sites for hydroxylation is 2. The van der Waals surface area contributed by atoms with Crippen LogP contribution in [-0.4, -0.2) is 24.5 Å². The van der Waals surface area contributed by atoms with Crippen LogP contribution >= 0.6 is 0 Å². The molecule has 0 spiro atoms. The zero-order valence-electron chi connectivity index (χ0n) is 16.4. The van der Waals surface area contributed by atoms with E-state index in [1.165, 1.54) is 34.4 Å². The Hall–Kier alpha value is -1.80. The predicted molar refractivity (Wildman–Crippen MR) is 110 cm³/mol. The van der Waals surface area contributed by atoms with Crippen LogP contribution in [0.25, 0.3) is 5.70 Å². The molecule has 0 saturated carbocycles. The Morgan fingerprint density at radius 3 is 2.64 bits per heavy atom. The van der Waals surface area contributed by atoms with Crippen molar-refractivity contribution in [3.8, 4) is 0 Å². The molecule has 2 rings (SSSR count). The third-order valence-corrected chi connectivity index (χ3v) is 5.45. The second-order valence-corrected chi connectivity index (χ2v) is 7.32. The van der Waals surface area contributed by atoms with E-state index >= 15 is 0 Å². The SMILES string of the molecule is C=C(c1cc(C)ccc1C)N1CC(CC)C(CC(/C=C\C)=C/CN)C1. The molecule has 0 bridgehead atoms. The van der Waals surface area contributed by atoms with Crippen molar-refractivity contribution in [3.05, 3.63) is 65.3 Å². The molecule has 0 amide bonds. The average Bonchev–Trinajstić information content (AvgIpc) is 3.00. The summed E-state index contributed by atoms with van der Waals surface area (Å²) in [6.07, 6.45) is 8.81. The van der Waals surface area contributed by atoms with E-state index in [1.807, 2.05) is 0 Å². The first-order valence-corrected chi connectivity index (χ1v) is 9.53. The monoisotopic (exact) mass is 338 g/mol. The van der Waals surface area contributed by atoms with Crippen molar-refractivity contribution < 1.29 is 0 Å². The van der Waals surface area contributed by atoms with E-state index in [0.717, 1.165) is 19.5 Å². The summed E-state index contributed by atoms with van der Waals surface area (Å²) in [4.78, 5) is 2.50. The molecule has 1 fully saturated rings. The summed E-state index contributed by atoms with van der Waals surface area (Å²) in [5.74, 6) is 1.38. The first-order chi connectivity index (χ1) is 12.0. The zero-order valence-corrected chi connectivity index (χ0v) is 16.4. The van der Waals surface area contributed by atoms with Crippen molar-refractivity contribution in [1.29, 1.82) is 0 Å². The lowest BCUT2D eigenvalue weighted by atomic mass is 9.87. The fraction of sp³-hybridized carbons (Fsp3) is 0.478. The lowest BCUT2D eigenvalue weighted by molar-refractivity contribution is 0.407. The van der Waals surface area contributed by atoms with Gasteiger partial charge in [0.1, 0.15) is 0 Å². The summed E-state index contributed by atoms with van der Waals surface area (Å²) in [6.45, 7) is 16.0. The molecule has 1 aliphatic rings. The van der Waals surface area contributed by atoms with E-state index in [0.29, 0.717) is 18.4 Å². The van der Waals surface area contributed by atoms with Gasteiger partial charge in [0.2, 0.25) is 0 Å². The van der Waals surface area contributed by atoms with Gasteiger partial charge >= 0.3 is 0 Å². The highest BCUT2D eigenvalue weighted by atomic mass is 15.2. The van der Waals surface area contributed by atoms with Crippen molar-refractivity contribution in [2.45, 2.75) is 40.5 Å². The maximum Gasteiger partial charge on any atom is 0.0369 e. The molecule has 1 aliphatic heterocycles. The molecule has 0 aliphatic carbocycles. The van der Waals surface area contributed by atoms with Crippen LogP contribution < -0.4 is 5.73 Å². The lowest BCUT2D eigenvalue weighted by Crippen LogP contribution is -2.19. The molecule has 136 valence electrons. The molecule has 2 nitrogen and oxygen atoms in total. The van der Waals surface area contributed by atoms with Crippen LogP contribution in [0.15, 0.2) is 48.6 Å². The fourth-order valence-corrected chi connectivity index (χ4v) is 3.96. The Morgan fingerprint density at radius 2 is 2.00 bits per heavy atom. The Morgan fingerprint density at radius 1 is 1.28 bits per heavy atom. The molecular weight excluding hydrogens is 304 g/mol. The van der Waals surface area contributed by atoms with E-state index in [-0.39, 0.29) is 0 Å². The zero-order chi connectivity index (χ0) is 18.4. The number of likely N-dealkylation sites (tertiary alicyclic amines) is 1. The number of nitrogens with zero attached hydrogens (tertiary/aromatic N) is 1. The van der Waals surface area contributed by atoms with Crippen LogP contribution in [0, 0.1) is 25.7 Å². The molecule has 2 atom stereocenters. The van der Waals surface area contributed by atoms with Gasteiger partial charge in [0, 0.05) is 30.9 Å². The molecule has 1 saturated heterocycles. The fourth-order valence-electron chi connectivity index (χ4n) is 3.96. The van der Waals surface area contributed by atoms with Gasteiger partial charge in [0.15, 0.2) is 0 Å². The summed E-state index contributed by atoms with van der Waals surface area (Å²) < 4.78 is 0. The van der Waals surface area contributed by atoms with Crippen LogP contribution in [0.5, 0.6) is 0 Å². The molecule has 1 heterocycles. The molecule has 2 heteroatoms. The van der Waals surface area contributed by atoms with Crippen LogP contribution in [0.2, 0.25) is 0 Å². The Balaban J connectivity index is 2.16. The van der Waals surface area contributed by atoms with Crippen molar-refractivity contribution in [2.24, 2.45) is 17.6 Å². The van der Waals surface area contributed by atoms with E-state index in [1.54, 1.807) is 0 Å². The van der Waals surface area contributed by atoms with Crippen LogP contribution in [0.1, 0.15) is 43.4 Å². The molecule has 2 unspecified atom stereocenters. The maximum atomic E-state index is 5.75. The number of hydrogen-bond acceptors (Lipinski definition) is 2. The first-order valence-electron chi connectivity index (χ1n) is 9.53. The molecular formula is C23H34N2. The Kier molecular flexibility index (Phi) is 7.07. The van der Waals surface area contributed by atoms with Crippen molar-refractivity contribution in [2.75, 3.05) is 19.6 Å². The highest BCUT2D eigenvalue weighted by molar-refractivity contribution is 5.65. The molecule has 2 N–H and O–H groups in total. The summed E-state index contributed by atoms with van der Waals surface area (Å²) in [5.41, 5.74) is 12.2. The summed E-state index contributed by atoms with van der Waals surface area (Å²) >= 11 is 0. The van der Waals surface area contributed by atoms with Gasteiger partial charge in [0.25, 0.3) is 0 Å². The van der Waals surface area contributed by atoms with Gasteiger partial charge in [-0.1, -0.05) is 61.4 Å². The van der Waals surface area contributed by atoms with Gasteiger partial charge in [-0.15, -0.1) is 0 Å². The normalized spacial score (nSPS) is 21.3. The minimum Gasteiger partial charge on any atom is -0.371 e. The second kappa shape index (κ2) is 9.05. The van der Waals surface area contributed by atoms with E-state index < -0.39 is 0 Å². The lowest BCUT2D eigenvalue weighted by Gasteiger charge is -2.23. The van der Waals surface area contributed by atoms with Gasteiger partial charge in [-0.05, 0) is 50.7 Å². The van der Waals surface area contributed by atoms with E-state index in [9.17, 15) is 0 Å². The Labute approximate surface area is 154 Å². The summed E-state index contributed by atoms with van der Waals surface area (Å²) in [7, 11) is 0. The summed E-state index contributed by atoms with van der Waals surface area (Å²) in [6, 6.07) is 6.65. The van der Waals surface area contributed by atoms with Gasteiger partial charge in [0.05, 0.1) is 0 Å². The van der Waals surface area contributed by atoms with Gasteiger partial charge < -0.3 is 10.6 Å². The molecule has 0 radical (unpaired) electrons. The van der Waals surface area contributed by atoms with Gasteiger partial charge in [-0.25, -0.2) is 0 Å². The average molecular weight is 339 g/mol. The quantitative estimate of drug-likeness (QED) is 0.702. The molecule has 0 aromatic heterocycles. The first kappa shape index (κ1) is 19.5. The van der Waals surface area contributed by atoms with Crippen LogP contribution in [-0.2, 0) is 0 Å². The Bertz CT molecular complexity index is 654. The molecule has 25 heavy (non-hydrogen) atoms. The third-order valence-electron chi connectivity index (χ3n) is 5.45. The molecule has 1 aromatic carbocycles. The van der Waals surface area contributed by atoms with Crippen molar-refractivity contribution >= 4 is 5.70 Å². The van der Waals surface area contributed by atoms with Gasteiger partial charge in [-0.2, -0.15) is 0 Å². The standard InChI is InChI=1S/C23H34N2/c1-6-8-20(11-12-24)14-22-16-25(15-21(22)7-2)19(5)23-13-17(3)9-10-18(23)4/h6,8-11,13,21-22H,5,7,12,14-16,24H2,1-4H3/b8-6-,20-11+. The van der Waals surface area contributed by atoms with Crippen LogP contribution in [0.3, 0.4) is 0 Å². The smallest absolute Gasteiger partial charge is 0.0369 e. The van der Waals surface area contributed by atoms with Gasteiger partial charge in [-0.3, -0.25) is 0 Å². The second-order valence-electron chi connectivity index (χ2n) is 7.32. The van der Waals surface area contributed by atoms with E-state index in [4.69, 9.17) is 5.73 Å². The predicted octanol–water partition coefficient (Wildman–Crippen LogP) is 5.08. The van der Waals surface area contributed by atoms with Crippen LogP contribution in [0.4, 0.5) is 0 Å². The highest BCUT2D eigenvalue weighted by Gasteiger charge is 2.32. The minimum absolute atomic E-state index is 0.613. The summed E-state index contributed by atoms with van der Waals surface area (Å²) in [5, 5.41) is 0. The number of hydrogen-bond donors (Lipinski definition) is 1. The highest BCUT2D eigenvalue weighted by Crippen LogP contribution is 2.36.